The van der Waals surface area contributed by atoms with E-state index in [4.69, 9.17) is 9.47 Å². The van der Waals surface area contributed by atoms with E-state index in [2.05, 4.69) is 0 Å². The summed E-state index contributed by atoms with van der Waals surface area (Å²) in [7, 11) is 2.94. The first kappa shape index (κ1) is 15.0. The molecule has 0 radical (unpaired) electrons. The normalized spacial score (nSPS) is 18.4. The minimum absolute atomic E-state index is 0.0631. The second-order valence-corrected chi connectivity index (χ2v) is 5.26. The standard InChI is InChI=1S/C16H21FO3/c1-19-13-9-7-8-12(14(13)17)15(18)16(20-2)10-5-3-4-6-11-16/h7-9H,3-6,10-11H2,1-2H3. The molecule has 0 bridgehead atoms. The quantitative estimate of drug-likeness (QED) is 0.622. The molecule has 1 aliphatic carbocycles. The van der Waals surface area contributed by atoms with Gasteiger partial charge in [0.1, 0.15) is 5.60 Å². The summed E-state index contributed by atoms with van der Waals surface area (Å²) in [6.45, 7) is 0. The molecule has 0 unspecified atom stereocenters. The third-order valence-corrected chi connectivity index (χ3v) is 4.14. The van der Waals surface area contributed by atoms with E-state index in [-0.39, 0.29) is 17.1 Å². The van der Waals surface area contributed by atoms with Crippen LogP contribution in [0, 0.1) is 5.82 Å². The number of rotatable bonds is 4. The van der Waals surface area contributed by atoms with E-state index in [0.29, 0.717) is 12.8 Å². The fraction of sp³-hybridized carbons (Fsp3) is 0.562. The van der Waals surface area contributed by atoms with Gasteiger partial charge in [-0.1, -0.05) is 31.7 Å². The van der Waals surface area contributed by atoms with Gasteiger partial charge in [-0.25, -0.2) is 4.39 Å². The lowest BCUT2D eigenvalue weighted by atomic mass is 9.85. The predicted molar refractivity (Wildman–Crippen MR) is 74.7 cm³/mol. The second-order valence-electron chi connectivity index (χ2n) is 5.26. The third kappa shape index (κ3) is 2.70. The first-order valence-electron chi connectivity index (χ1n) is 7.07. The van der Waals surface area contributed by atoms with E-state index in [1.807, 2.05) is 0 Å². The zero-order chi connectivity index (χ0) is 14.6. The van der Waals surface area contributed by atoms with E-state index in [9.17, 15) is 9.18 Å². The lowest BCUT2D eigenvalue weighted by Gasteiger charge is -2.30. The summed E-state index contributed by atoms with van der Waals surface area (Å²) < 4.78 is 24.8. The van der Waals surface area contributed by atoms with Crippen molar-refractivity contribution in [2.45, 2.75) is 44.1 Å². The van der Waals surface area contributed by atoms with Crippen molar-refractivity contribution >= 4 is 5.78 Å². The van der Waals surface area contributed by atoms with Gasteiger partial charge in [0.05, 0.1) is 12.7 Å². The molecule has 2 rings (SSSR count). The topological polar surface area (TPSA) is 35.5 Å². The van der Waals surface area contributed by atoms with Crippen LogP contribution in [0.2, 0.25) is 0 Å². The van der Waals surface area contributed by atoms with Crippen LogP contribution in [0.25, 0.3) is 0 Å². The van der Waals surface area contributed by atoms with Crippen LogP contribution in [0.15, 0.2) is 18.2 Å². The maximum atomic E-state index is 14.3. The number of ether oxygens (including phenoxy) is 2. The third-order valence-electron chi connectivity index (χ3n) is 4.14. The number of ketones is 1. The first-order valence-corrected chi connectivity index (χ1v) is 7.07. The summed E-state index contributed by atoms with van der Waals surface area (Å²) in [4.78, 5) is 12.8. The Balaban J connectivity index is 2.37. The molecule has 0 N–H and O–H groups in total. The number of Topliss-reactive ketones (excluding diaryl/α,β-unsaturated/α-hetero) is 1. The number of hydrogen-bond acceptors (Lipinski definition) is 3. The molecule has 0 atom stereocenters. The van der Waals surface area contributed by atoms with Crippen molar-refractivity contribution in [1.82, 2.24) is 0 Å². The second kappa shape index (κ2) is 6.35. The van der Waals surface area contributed by atoms with Crippen LogP contribution in [-0.4, -0.2) is 25.6 Å². The van der Waals surface area contributed by atoms with E-state index < -0.39 is 11.4 Å². The minimum atomic E-state index is -0.885. The highest BCUT2D eigenvalue weighted by Crippen LogP contribution is 2.34. The number of carbonyl (C=O) groups is 1. The SMILES string of the molecule is COc1cccc(C(=O)C2(OC)CCCCCC2)c1F. The lowest BCUT2D eigenvalue weighted by molar-refractivity contribution is -0.00726. The lowest BCUT2D eigenvalue weighted by Crippen LogP contribution is -2.40. The summed E-state index contributed by atoms with van der Waals surface area (Å²) in [5, 5.41) is 0. The Bertz CT molecular complexity index is 477. The van der Waals surface area contributed by atoms with Gasteiger partial charge in [0.2, 0.25) is 0 Å². The number of methoxy groups -OCH3 is 2. The molecule has 0 aromatic heterocycles. The zero-order valence-corrected chi connectivity index (χ0v) is 12.1. The van der Waals surface area contributed by atoms with Crippen molar-refractivity contribution in [3.63, 3.8) is 0 Å². The molecule has 110 valence electrons. The Morgan fingerprint density at radius 3 is 2.35 bits per heavy atom. The molecule has 0 amide bonds. The molecule has 0 spiro atoms. The monoisotopic (exact) mass is 280 g/mol. The Labute approximate surface area is 119 Å². The van der Waals surface area contributed by atoms with E-state index >= 15 is 0 Å². The van der Waals surface area contributed by atoms with Crippen molar-refractivity contribution in [3.8, 4) is 5.75 Å². The average molecular weight is 280 g/mol. The summed E-state index contributed by atoms with van der Waals surface area (Å²) in [6.07, 6.45) is 5.37. The molecule has 20 heavy (non-hydrogen) atoms. The Morgan fingerprint density at radius 2 is 1.80 bits per heavy atom. The zero-order valence-electron chi connectivity index (χ0n) is 12.1. The highest BCUT2D eigenvalue weighted by Gasteiger charge is 2.40. The van der Waals surface area contributed by atoms with Crippen molar-refractivity contribution in [2.75, 3.05) is 14.2 Å². The van der Waals surface area contributed by atoms with Crippen LogP contribution in [-0.2, 0) is 4.74 Å². The fourth-order valence-corrected chi connectivity index (χ4v) is 2.91. The van der Waals surface area contributed by atoms with Gasteiger partial charge in [-0.2, -0.15) is 0 Å². The van der Waals surface area contributed by atoms with E-state index in [1.165, 1.54) is 19.2 Å². The van der Waals surface area contributed by atoms with Gasteiger partial charge in [0.25, 0.3) is 0 Å². The number of carbonyl (C=O) groups excluding carboxylic acids is 1. The summed E-state index contributed by atoms with van der Waals surface area (Å²) in [5.74, 6) is -0.769. The molecular weight excluding hydrogens is 259 g/mol. The smallest absolute Gasteiger partial charge is 0.197 e. The van der Waals surface area contributed by atoms with Crippen LogP contribution >= 0.6 is 0 Å². The molecule has 1 aliphatic rings. The maximum Gasteiger partial charge on any atom is 0.197 e. The molecular formula is C16H21FO3. The van der Waals surface area contributed by atoms with Crippen molar-refractivity contribution in [3.05, 3.63) is 29.6 Å². The summed E-state index contributed by atoms with van der Waals surface area (Å²) in [6, 6.07) is 4.65. The van der Waals surface area contributed by atoms with Gasteiger partial charge in [-0.15, -0.1) is 0 Å². The average Bonchev–Trinajstić information content (AvgIpc) is 2.73. The molecule has 0 saturated heterocycles. The molecule has 0 heterocycles. The van der Waals surface area contributed by atoms with Crippen LogP contribution in [0.4, 0.5) is 4.39 Å². The van der Waals surface area contributed by atoms with Crippen LogP contribution in [0.5, 0.6) is 5.75 Å². The summed E-state index contributed by atoms with van der Waals surface area (Å²) in [5.41, 5.74) is -0.822. The Hall–Kier alpha value is -1.42. The molecule has 1 saturated carbocycles. The van der Waals surface area contributed by atoms with Crippen molar-refractivity contribution in [2.24, 2.45) is 0 Å². The van der Waals surface area contributed by atoms with Crippen LogP contribution in [0.3, 0.4) is 0 Å². The molecule has 4 heteroatoms. The highest BCUT2D eigenvalue weighted by atomic mass is 19.1. The van der Waals surface area contributed by atoms with E-state index in [0.717, 1.165) is 25.7 Å². The molecule has 3 nitrogen and oxygen atoms in total. The van der Waals surface area contributed by atoms with Crippen molar-refractivity contribution in [1.29, 1.82) is 0 Å². The van der Waals surface area contributed by atoms with Crippen LogP contribution < -0.4 is 4.74 Å². The van der Waals surface area contributed by atoms with E-state index in [1.54, 1.807) is 13.2 Å². The number of benzene rings is 1. The minimum Gasteiger partial charge on any atom is -0.494 e. The summed E-state index contributed by atoms with van der Waals surface area (Å²) >= 11 is 0. The largest absolute Gasteiger partial charge is 0.494 e. The fourth-order valence-electron chi connectivity index (χ4n) is 2.91. The number of hydrogen-bond donors (Lipinski definition) is 0. The van der Waals surface area contributed by atoms with Gasteiger partial charge >= 0.3 is 0 Å². The van der Waals surface area contributed by atoms with Crippen molar-refractivity contribution < 1.29 is 18.7 Å². The maximum absolute atomic E-state index is 14.3. The van der Waals surface area contributed by atoms with Gasteiger partial charge in [-0.05, 0) is 25.0 Å². The molecule has 0 aliphatic heterocycles. The van der Waals surface area contributed by atoms with Gasteiger partial charge in [0, 0.05) is 7.11 Å². The van der Waals surface area contributed by atoms with Gasteiger partial charge < -0.3 is 9.47 Å². The predicted octanol–water partition coefficient (Wildman–Crippen LogP) is 3.76. The molecule has 1 fully saturated rings. The van der Waals surface area contributed by atoms with Gasteiger partial charge in [-0.3, -0.25) is 4.79 Å². The van der Waals surface area contributed by atoms with Crippen LogP contribution in [0.1, 0.15) is 48.9 Å². The Morgan fingerprint density at radius 1 is 1.15 bits per heavy atom. The van der Waals surface area contributed by atoms with Gasteiger partial charge in [0.15, 0.2) is 17.3 Å². The molecule has 1 aromatic rings. The first-order chi connectivity index (χ1) is 9.64. The Kier molecular flexibility index (Phi) is 4.76. The highest BCUT2D eigenvalue weighted by molar-refractivity contribution is 6.03. The number of halogens is 1. The molecule has 1 aromatic carbocycles.